The minimum absolute atomic E-state index is 0.278. The van der Waals surface area contributed by atoms with Gasteiger partial charge in [-0.2, -0.15) is 0 Å². The third-order valence-corrected chi connectivity index (χ3v) is 4.53. The molecule has 0 aromatic heterocycles. The number of hydrogen-bond donors (Lipinski definition) is 1. The molecule has 20 heavy (non-hydrogen) atoms. The Bertz CT molecular complexity index is 221. The van der Waals surface area contributed by atoms with E-state index in [1.54, 1.807) is 0 Å². The van der Waals surface area contributed by atoms with Crippen LogP contribution in [0.5, 0.6) is 0 Å². The largest absolute Gasteiger partial charge is 0.396 e. The third kappa shape index (κ3) is 11.7. The molecule has 0 aliphatic carbocycles. The summed E-state index contributed by atoms with van der Waals surface area (Å²) in [5.41, 5.74) is 0.777. The monoisotopic (exact) mass is 286 g/mol. The van der Waals surface area contributed by atoms with Gasteiger partial charge in [-0.05, 0) is 42.9 Å². The molecule has 0 unspecified atom stereocenters. The maximum Gasteiger partial charge on any atom is 0.0466 e. The molecular weight excluding hydrogens is 248 g/mol. The van der Waals surface area contributed by atoms with E-state index in [2.05, 4.69) is 34.6 Å². The van der Waals surface area contributed by atoms with E-state index in [1.807, 2.05) is 0 Å². The highest BCUT2D eigenvalue weighted by molar-refractivity contribution is 4.68. The van der Waals surface area contributed by atoms with Crippen molar-refractivity contribution in [2.75, 3.05) is 19.8 Å². The first kappa shape index (κ1) is 19.9. The normalized spacial score (nSPS) is 12.9. The first-order valence-electron chi connectivity index (χ1n) is 8.51. The molecule has 0 spiro atoms. The summed E-state index contributed by atoms with van der Waals surface area (Å²) in [7, 11) is 0. The van der Waals surface area contributed by atoms with Crippen LogP contribution in [-0.4, -0.2) is 24.9 Å². The Morgan fingerprint density at radius 1 is 0.750 bits per heavy atom. The Morgan fingerprint density at radius 3 is 1.70 bits per heavy atom. The van der Waals surface area contributed by atoms with E-state index in [-0.39, 0.29) is 5.41 Å². The van der Waals surface area contributed by atoms with E-state index in [1.165, 1.54) is 38.5 Å². The van der Waals surface area contributed by atoms with Gasteiger partial charge in [0.15, 0.2) is 0 Å². The summed E-state index contributed by atoms with van der Waals surface area (Å²) >= 11 is 0. The molecule has 0 bridgehead atoms. The second-order valence-corrected chi connectivity index (χ2v) is 7.68. The summed E-state index contributed by atoms with van der Waals surface area (Å²) in [6.45, 7) is 13.6. The molecule has 0 radical (unpaired) electrons. The van der Waals surface area contributed by atoms with Crippen LogP contribution in [0.1, 0.15) is 86.0 Å². The van der Waals surface area contributed by atoms with Crippen LogP contribution >= 0.6 is 0 Å². The van der Waals surface area contributed by atoms with Gasteiger partial charge in [0.1, 0.15) is 0 Å². The number of unbranched alkanes of at least 4 members (excludes halogenated alkanes) is 2. The van der Waals surface area contributed by atoms with Crippen molar-refractivity contribution in [2.24, 2.45) is 10.8 Å². The Kier molecular flexibility index (Phi) is 10.6. The van der Waals surface area contributed by atoms with Crippen molar-refractivity contribution < 1.29 is 9.84 Å². The lowest BCUT2D eigenvalue weighted by atomic mass is 9.84. The van der Waals surface area contributed by atoms with Crippen LogP contribution in [0.15, 0.2) is 0 Å². The SMILES string of the molecule is CCC(C)(C)CCCCOCCCCC(C)(C)CCO. The highest BCUT2D eigenvalue weighted by Crippen LogP contribution is 2.27. The predicted molar refractivity (Wildman–Crippen MR) is 88.1 cm³/mol. The topological polar surface area (TPSA) is 29.5 Å². The third-order valence-electron chi connectivity index (χ3n) is 4.53. The summed E-state index contributed by atoms with van der Waals surface area (Å²) in [5.74, 6) is 0. The van der Waals surface area contributed by atoms with Crippen LogP contribution in [0.25, 0.3) is 0 Å². The second kappa shape index (κ2) is 10.6. The molecule has 1 N–H and O–H groups in total. The van der Waals surface area contributed by atoms with Gasteiger partial charge in [0, 0.05) is 19.8 Å². The van der Waals surface area contributed by atoms with Crippen molar-refractivity contribution in [2.45, 2.75) is 86.0 Å². The first-order valence-corrected chi connectivity index (χ1v) is 8.51. The number of aliphatic hydroxyl groups is 1. The first-order chi connectivity index (χ1) is 9.33. The fourth-order valence-corrected chi connectivity index (χ4v) is 2.32. The average Bonchev–Trinajstić information content (AvgIpc) is 2.36. The molecule has 2 nitrogen and oxygen atoms in total. The molecule has 0 aliphatic heterocycles. The van der Waals surface area contributed by atoms with Crippen molar-refractivity contribution in [1.82, 2.24) is 0 Å². The van der Waals surface area contributed by atoms with E-state index >= 15 is 0 Å². The van der Waals surface area contributed by atoms with Crippen LogP contribution in [0.2, 0.25) is 0 Å². The Morgan fingerprint density at radius 2 is 1.25 bits per heavy atom. The zero-order chi connectivity index (χ0) is 15.5. The highest BCUT2D eigenvalue weighted by atomic mass is 16.5. The molecule has 0 amide bonds. The zero-order valence-electron chi connectivity index (χ0n) is 14.6. The van der Waals surface area contributed by atoms with E-state index in [4.69, 9.17) is 9.84 Å². The highest BCUT2D eigenvalue weighted by Gasteiger charge is 2.16. The molecule has 0 saturated heterocycles. The molecule has 0 aromatic rings. The summed E-state index contributed by atoms with van der Waals surface area (Å²) in [5, 5.41) is 8.98. The predicted octanol–water partition coefficient (Wildman–Crippen LogP) is 5.19. The molecule has 0 saturated carbocycles. The van der Waals surface area contributed by atoms with E-state index in [0.717, 1.165) is 26.1 Å². The van der Waals surface area contributed by atoms with Crippen LogP contribution in [0, 0.1) is 10.8 Å². The van der Waals surface area contributed by atoms with Gasteiger partial charge >= 0.3 is 0 Å². The lowest BCUT2D eigenvalue weighted by molar-refractivity contribution is 0.118. The molecule has 0 atom stereocenters. The molecular formula is C18H38O2. The molecule has 0 heterocycles. The molecule has 122 valence electrons. The lowest BCUT2D eigenvalue weighted by Gasteiger charge is -2.23. The maximum atomic E-state index is 8.98. The summed E-state index contributed by atoms with van der Waals surface area (Å²) in [6, 6.07) is 0. The Balaban J connectivity index is 3.33. The quantitative estimate of drug-likeness (QED) is 0.472. The van der Waals surface area contributed by atoms with Gasteiger partial charge in [-0.1, -0.05) is 53.9 Å². The van der Waals surface area contributed by atoms with Crippen molar-refractivity contribution in [3.05, 3.63) is 0 Å². The maximum absolute atomic E-state index is 8.98. The van der Waals surface area contributed by atoms with Gasteiger partial charge in [-0.15, -0.1) is 0 Å². The molecule has 2 heteroatoms. The van der Waals surface area contributed by atoms with Crippen molar-refractivity contribution in [3.63, 3.8) is 0 Å². The number of rotatable bonds is 13. The van der Waals surface area contributed by atoms with Crippen LogP contribution < -0.4 is 0 Å². The molecule has 0 aromatic carbocycles. The van der Waals surface area contributed by atoms with Gasteiger partial charge in [0.2, 0.25) is 0 Å². The van der Waals surface area contributed by atoms with Gasteiger partial charge in [0.05, 0.1) is 0 Å². The Labute approximate surface area is 127 Å². The van der Waals surface area contributed by atoms with Crippen molar-refractivity contribution in [1.29, 1.82) is 0 Å². The van der Waals surface area contributed by atoms with E-state index < -0.39 is 0 Å². The molecule has 0 rings (SSSR count). The second-order valence-electron chi connectivity index (χ2n) is 7.68. The summed E-state index contributed by atoms with van der Waals surface area (Å²) in [6.07, 6.45) is 9.48. The van der Waals surface area contributed by atoms with Crippen molar-refractivity contribution >= 4 is 0 Å². The summed E-state index contributed by atoms with van der Waals surface area (Å²) in [4.78, 5) is 0. The summed E-state index contributed by atoms with van der Waals surface area (Å²) < 4.78 is 5.71. The van der Waals surface area contributed by atoms with Gasteiger partial charge in [-0.3, -0.25) is 0 Å². The minimum atomic E-state index is 0.278. The molecule has 0 aliphatic rings. The van der Waals surface area contributed by atoms with Gasteiger partial charge < -0.3 is 9.84 Å². The average molecular weight is 286 g/mol. The fraction of sp³-hybridized carbons (Fsp3) is 1.00. The van der Waals surface area contributed by atoms with Crippen LogP contribution in [0.4, 0.5) is 0 Å². The van der Waals surface area contributed by atoms with Crippen molar-refractivity contribution in [3.8, 4) is 0 Å². The van der Waals surface area contributed by atoms with Crippen LogP contribution in [0.3, 0.4) is 0 Å². The zero-order valence-corrected chi connectivity index (χ0v) is 14.6. The fourth-order valence-electron chi connectivity index (χ4n) is 2.32. The Hall–Kier alpha value is -0.0800. The smallest absolute Gasteiger partial charge is 0.0466 e. The standard InChI is InChI=1S/C18H38O2/c1-6-17(2,3)11-7-9-15-20-16-10-8-12-18(4,5)13-14-19/h19H,6-16H2,1-5H3. The van der Waals surface area contributed by atoms with E-state index in [9.17, 15) is 0 Å². The number of ether oxygens (including phenoxy) is 1. The van der Waals surface area contributed by atoms with Gasteiger partial charge in [-0.25, -0.2) is 0 Å². The molecule has 0 fully saturated rings. The van der Waals surface area contributed by atoms with E-state index in [0.29, 0.717) is 12.0 Å². The van der Waals surface area contributed by atoms with Crippen LogP contribution in [-0.2, 0) is 4.74 Å². The van der Waals surface area contributed by atoms with Gasteiger partial charge in [0.25, 0.3) is 0 Å². The minimum Gasteiger partial charge on any atom is -0.396 e. The number of aliphatic hydroxyl groups excluding tert-OH is 1. The lowest BCUT2D eigenvalue weighted by Crippen LogP contribution is -2.13. The number of hydrogen-bond acceptors (Lipinski definition) is 2.